The molecular formula is C22H26ClN7O3. The molecule has 3 heterocycles. The summed E-state index contributed by atoms with van der Waals surface area (Å²) >= 11 is 6.18. The quantitative estimate of drug-likeness (QED) is 0.597. The maximum Gasteiger partial charge on any atom is 0.410 e. The first-order chi connectivity index (χ1) is 15.6. The number of hydrogen-bond donors (Lipinski definition) is 2. The Kier molecular flexibility index (Phi) is 6.11. The fourth-order valence-electron chi connectivity index (χ4n) is 3.45. The third kappa shape index (κ3) is 5.33. The molecule has 10 nitrogen and oxygen atoms in total. The molecule has 4 rings (SSSR count). The number of nitrogens with one attached hydrogen (secondary N) is 2. The average molecular weight is 472 g/mol. The number of benzene rings is 1. The molecule has 1 aliphatic rings. The third-order valence-electron chi connectivity index (χ3n) is 5.02. The number of halogens is 1. The van der Waals surface area contributed by atoms with Crippen molar-refractivity contribution < 1.29 is 14.3 Å². The number of carbonyl (C=O) groups is 2. The van der Waals surface area contributed by atoms with Crippen LogP contribution in [0.2, 0.25) is 5.02 Å². The van der Waals surface area contributed by atoms with E-state index in [1.54, 1.807) is 28.0 Å². The number of fused-ring (bicyclic) bond motifs is 1. The molecule has 0 radical (unpaired) electrons. The van der Waals surface area contributed by atoms with Crippen molar-refractivity contribution in [2.24, 2.45) is 0 Å². The van der Waals surface area contributed by atoms with Crippen LogP contribution in [-0.4, -0.2) is 73.7 Å². The molecule has 174 valence electrons. The summed E-state index contributed by atoms with van der Waals surface area (Å²) in [6.45, 7) is 8.84. The molecule has 1 aliphatic heterocycles. The maximum atomic E-state index is 13.2. The molecule has 33 heavy (non-hydrogen) atoms. The van der Waals surface area contributed by atoms with Gasteiger partial charge in [-0.15, -0.1) is 0 Å². The van der Waals surface area contributed by atoms with Crippen LogP contribution < -0.4 is 5.32 Å². The first kappa shape index (κ1) is 22.8. The number of rotatable bonds is 3. The highest BCUT2D eigenvalue weighted by Crippen LogP contribution is 2.27. The Bertz CT molecular complexity index is 1200. The first-order valence-electron chi connectivity index (χ1n) is 10.6. The van der Waals surface area contributed by atoms with Gasteiger partial charge in [-0.25, -0.2) is 14.8 Å². The molecule has 2 aromatic heterocycles. The molecule has 1 fully saturated rings. The second kappa shape index (κ2) is 8.86. The van der Waals surface area contributed by atoms with Gasteiger partial charge in [0.05, 0.1) is 5.52 Å². The zero-order chi connectivity index (χ0) is 23.8. The van der Waals surface area contributed by atoms with Gasteiger partial charge in [-0.3, -0.25) is 9.89 Å². The van der Waals surface area contributed by atoms with Crippen molar-refractivity contribution in [1.29, 1.82) is 0 Å². The number of hydrogen-bond acceptors (Lipinski definition) is 7. The van der Waals surface area contributed by atoms with Crippen molar-refractivity contribution in [3.8, 4) is 0 Å². The lowest BCUT2D eigenvalue weighted by Gasteiger charge is -2.35. The molecule has 0 spiro atoms. The van der Waals surface area contributed by atoms with E-state index < -0.39 is 5.60 Å². The molecule has 0 unspecified atom stereocenters. The van der Waals surface area contributed by atoms with Gasteiger partial charge in [0.1, 0.15) is 11.4 Å². The Hall–Kier alpha value is -3.40. The lowest BCUT2D eigenvalue weighted by Crippen LogP contribution is -2.51. The molecule has 2 amide bonds. The number of nitrogens with zero attached hydrogens (tertiary/aromatic N) is 5. The van der Waals surface area contributed by atoms with Crippen molar-refractivity contribution in [1.82, 2.24) is 30.0 Å². The van der Waals surface area contributed by atoms with Gasteiger partial charge in [0, 0.05) is 48.3 Å². The number of aromatic nitrogens is 4. The number of anilines is 2. The van der Waals surface area contributed by atoms with Crippen molar-refractivity contribution in [2.75, 3.05) is 31.5 Å². The SMILES string of the molecule is Cc1cc(Nc2nc(C(=O)N3CCN(C(=O)OC(C)(C)C)CC3)nc3ccc(Cl)cc23)n[nH]1. The van der Waals surface area contributed by atoms with Crippen molar-refractivity contribution in [3.05, 3.63) is 40.8 Å². The van der Waals surface area contributed by atoms with E-state index in [0.29, 0.717) is 53.7 Å². The zero-order valence-corrected chi connectivity index (χ0v) is 19.7. The summed E-state index contributed by atoms with van der Waals surface area (Å²) in [5, 5.41) is 11.4. The Balaban J connectivity index is 1.55. The monoisotopic (exact) mass is 471 g/mol. The van der Waals surface area contributed by atoms with Crippen LogP contribution in [-0.2, 0) is 4.74 Å². The lowest BCUT2D eigenvalue weighted by molar-refractivity contribution is 0.0139. The van der Waals surface area contributed by atoms with E-state index in [1.165, 1.54) is 0 Å². The molecule has 1 saturated heterocycles. The summed E-state index contributed by atoms with van der Waals surface area (Å²) in [6, 6.07) is 7.03. The van der Waals surface area contributed by atoms with Crippen LogP contribution >= 0.6 is 11.6 Å². The minimum atomic E-state index is -0.567. The predicted octanol–water partition coefficient (Wildman–Crippen LogP) is 3.75. The number of amides is 2. The van der Waals surface area contributed by atoms with Gasteiger partial charge in [0.15, 0.2) is 5.82 Å². The molecule has 2 N–H and O–H groups in total. The van der Waals surface area contributed by atoms with E-state index in [1.807, 2.05) is 33.8 Å². The third-order valence-corrected chi connectivity index (χ3v) is 5.26. The minimum absolute atomic E-state index is 0.0605. The highest BCUT2D eigenvalue weighted by atomic mass is 35.5. The van der Waals surface area contributed by atoms with Gasteiger partial charge in [-0.2, -0.15) is 5.10 Å². The van der Waals surface area contributed by atoms with Crippen molar-refractivity contribution in [2.45, 2.75) is 33.3 Å². The standard InChI is InChI=1S/C22H26ClN7O3/c1-13-11-17(28-27-13)25-18-15-12-14(23)5-6-16(15)24-19(26-18)20(31)29-7-9-30(10-8-29)21(32)33-22(2,3)4/h5-6,11-12H,7-10H2,1-4H3,(H2,24,25,26,27,28). The fourth-order valence-corrected chi connectivity index (χ4v) is 3.63. The largest absolute Gasteiger partial charge is 0.444 e. The number of carbonyl (C=O) groups excluding carboxylic acids is 2. The number of aryl methyl sites for hydroxylation is 1. The zero-order valence-electron chi connectivity index (χ0n) is 19.0. The van der Waals surface area contributed by atoms with E-state index in [4.69, 9.17) is 16.3 Å². The van der Waals surface area contributed by atoms with Crippen LogP contribution in [0, 0.1) is 6.92 Å². The van der Waals surface area contributed by atoms with Gasteiger partial charge in [-0.1, -0.05) is 11.6 Å². The molecule has 0 aliphatic carbocycles. The molecule has 11 heteroatoms. The van der Waals surface area contributed by atoms with Crippen LogP contribution in [0.4, 0.5) is 16.4 Å². The summed E-state index contributed by atoms with van der Waals surface area (Å²) in [7, 11) is 0. The summed E-state index contributed by atoms with van der Waals surface area (Å²) in [5.74, 6) is 0.754. The molecule has 0 bridgehead atoms. The molecule has 0 saturated carbocycles. The van der Waals surface area contributed by atoms with Crippen LogP contribution in [0.3, 0.4) is 0 Å². The van der Waals surface area contributed by atoms with Gasteiger partial charge in [0.25, 0.3) is 5.91 Å². The smallest absolute Gasteiger partial charge is 0.410 e. The van der Waals surface area contributed by atoms with Gasteiger partial charge >= 0.3 is 6.09 Å². The summed E-state index contributed by atoms with van der Waals surface area (Å²) < 4.78 is 5.42. The molecular weight excluding hydrogens is 446 g/mol. The van der Waals surface area contributed by atoms with Crippen LogP contribution in [0.1, 0.15) is 37.1 Å². The number of H-pyrrole nitrogens is 1. The van der Waals surface area contributed by atoms with Crippen molar-refractivity contribution >= 4 is 46.1 Å². The van der Waals surface area contributed by atoms with E-state index in [9.17, 15) is 9.59 Å². The fraction of sp³-hybridized carbons (Fsp3) is 0.409. The predicted molar refractivity (Wildman–Crippen MR) is 125 cm³/mol. The van der Waals surface area contributed by atoms with Crippen LogP contribution in [0.5, 0.6) is 0 Å². The highest BCUT2D eigenvalue weighted by molar-refractivity contribution is 6.31. The summed E-state index contributed by atoms with van der Waals surface area (Å²) in [4.78, 5) is 37.7. The van der Waals surface area contributed by atoms with E-state index in [2.05, 4.69) is 25.5 Å². The Morgan fingerprint density at radius 2 is 1.79 bits per heavy atom. The molecule has 1 aromatic carbocycles. The lowest BCUT2D eigenvalue weighted by atomic mass is 10.2. The molecule has 3 aromatic rings. The highest BCUT2D eigenvalue weighted by Gasteiger charge is 2.29. The molecule has 0 atom stereocenters. The second-order valence-electron chi connectivity index (χ2n) is 8.88. The summed E-state index contributed by atoms with van der Waals surface area (Å²) in [5.41, 5.74) is 0.898. The minimum Gasteiger partial charge on any atom is -0.444 e. The topological polar surface area (TPSA) is 116 Å². The van der Waals surface area contributed by atoms with Crippen LogP contribution in [0.15, 0.2) is 24.3 Å². The average Bonchev–Trinajstić information content (AvgIpc) is 3.17. The Labute approximate surface area is 196 Å². The number of ether oxygens (including phenoxy) is 1. The van der Waals surface area contributed by atoms with Gasteiger partial charge in [-0.05, 0) is 45.9 Å². The second-order valence-corrected chi connectivity index (χ2v) is 9.31. The number of piperazine rings is 1. The van der Waals surface area contributed by atoms with Crippen molar-refractivity contribution in [3.63, 3.8) is 0 Å². The van der Waals surface area contributed by atoms with Crippen LogP contribution in [0.25, 0.3) is 10.9 Å². The van der Waals surface area contributed by atoms with Gasteiger partial charge in [0.2, 0.25) is 5.82 Å². The van der Waals surface area contributed by atoms with E-state index in [0.717, 1.165) is 5.69 Å². The van der Waals surface area contributed by atoms with Gasteiger partial charge < -0.3 is 19.9 Å². The maximum absolute atomic E-state index is 13.2. The van der Waals surface area contributed by atoms with E-state index >= 15 is 0 Å². The normalized spacial score (nSPS) is 14.5. The Morgan fingerprint density at radius 1 is 1.09 bits per heavy atom. The first-order valence-corrected chi connectivity index (χ1v) is 11.0. The number of aromatic amines is 1. The summed E-state index contributed by atoms with van der Waals surface area (Å²) in [6.07, 6.45) is -0.380. The Morgan fingerprint density at radius 3 is 2.42 bits per heavy atom. The van der Waals surface area contributed by atoms with E-state index in [-0.39, 0.29) is 17.8 Å².